The van der Waals surface area contributed by atoms with Crippen molar-refractivity contribution in [3.63, 3.8) is 0 Å². The second kappa shape index (κ2) is 7.29. The molecule has 1 rings (SSSR count). The molecule has 3 unspecified atom stereocenters. The Hall–Kier alpha value is -0.0800. The third-order valence-electron chi connectivity index (χ3n) is 4.08. The largest absolute Gasteiger partial charge is 0.383 e. The van der Waals surface area contributed by atoms with Gasteiger partial charge in [-0.15, -0.1) is 0 Å². The van der Waals surface area contributed by atoms with Crippen LogP contribution in [0.2, 0.25) is 0 Å². The molecule has 1 saturated carbocycles. The van der Waals surface area contributed by atoms with Crippen molar-refractivity contribution in [3.8, 4) is 0 Å². The lowest BCUT2D eigenvalue weighted by molar-refractivity contribution is 0.137. The highest BCUT2D eigenvalue weighted by atomic mass is 16.5. The fraction of sp³-hybridized carbons (Fsp3) is 1.00. The van der Waals surface area contributed by atoms with E-state index in [1.54, 1.807) is 7.11 Å². The van der Waals surface area contributed by atoms with Gasteiger partial charge in [0.25, 0.3) is 0 Å². The summed E-state index contributed by atoms with van der Waals surface area (Å²) in [6.07, 6.45) is 5.69. The first kappa shape index (κ1) is 14.0. The molecular formula is C14H29NO. The van der Waals surface area contributed by atoms with Crippen molar-refractivity contribution in [1.82, 2.24) is 5.32 Å². The van der Waals surface area contributed by atoms with Gasteiger partial charge in [-0.25, -0.2) is 0 Å². The smallest absolute Gasteiger partial charge is 0.0618 e. The van der Waals surface area contributed by atoms with E-state index in [0.717, 1.165) is 18.4 Å². The number of methoxy groups -OCH3 is 1. The van der Waals surface area contributed by atoms with Gasteiger partial charge in [-0.3, -0.25) is 0 Å². The molecule has 2 nitrogen and oxygen atoms in total. The van der Waals surface area contributed by atoms with E-state index in [2.05, 4.69) is 26.1 Å². The van der Waals surface area contributed by atoms with Gasteiger partial charge in [0.1, 0.15) is 0 Å². The van der Waals surface area contributed by atoms with E-state index in [4.69, 9.17) is 4.74 Å². The Kier molecular flexibility index (Phi) is 6.37. The van der Waals surface area contributed by atoms with Crippen molar-refractivity contribution < 1.29 is 4.74 Å². The van der Waals surface area contributed by atoms with Crippen molar-refractivity contribution in [1.29, 1.82) is 0 Å². The molecule has 1 aliphatic rings. The van der Waals surface area contributed by atoms with Crippen molar-refractivity contribution in [2.75, 3.05) is 20.3 Å². The maximum Gasteiger partial charge on any atom is 0.0618 e. The van der Waals surface area contributed by atoms with Crippen LogP contribution in [0.5, 0.6) is 0 Å². The SMILES string of the molecule is COCC(NCC1CCCCC1C)C(C)C. The lowest BCUT2D eigenvalue weighted by Crippen LogP contribution is -2.42. The number of hydrogen-bond donors (Lipinski definition) is 1. The zero-order valence-electron chi connectivity index (χ0n) is 11.5. The minimum absolute atomic E-state index is 0.513. The highest BCUT2D eigenvalue weighted by Gasteiger charge is 2.22. The van der Waals surface area contributed by atoms with Crippen LogP contribution in [0.15, 0.2) is 0 Å². The summed E-state index contributed by atoms with van der Waals surface area (Å²) < 4.78 is 5.27. The van der Waals surface area contributed by atoms with Gasteiger partial charge in [0.05, 0.1) is 6.61 Å². The van der Waals surface area contributed by atoms with Gasteiger partial charge in [0.15, 0.2) is 0 Å². The van der Waals surface area contributed by atoms with E-state index in [0.29, 0.717) is 12.0 Å². The first-order chi connectivity index (χ1) is 7.65. The zero-order valence-corrected chi connectivity index (χ0v) is 11.5. The summed E-state index contributed by atoms with van der Waals surface area (Å²) >= 11 is 0. The molecule has 16 heavy (non-hydrogen) atoms. The van der Waals surface area contributed by atoms with Gasteiger partial charge < -0.3 is 10.1 Å². The Bertz CT molecular complexity index is 178. The van der Waals surface area contributed by atoms with Crippen LogP contribution >= 0.6 is 0 Å². The number of hydrogen-bond acceptors (Lipinski definition) is 2. The second-order valence-corrected chi connectivity index (χ2v) is 5.74. The highest BCUT2D eigenvalue weighted by molar-refractivity contribution is 4.77. The molecule has 2 heteroatoms. The second-order valence-electron chi connectivity index (χ2n) is 5.74. The molecule has 0 aromatic carbocycles. The van der Waals surface area contributed by atoms with E-state index in [-0.39, 0.29) is 0 Å². The van der Waals surface area contributed by atoms with Gasteiger partial charge >= 0.3 is 0 Å². The molecule has 0 aromatic rings. The predicted molar refractivity (Wildman–Crippen MR) is 69.6 cm³/mol. The number of ether oxygens (including phenoxy) is 1. The molecular weight excluding hydrogens is 198 g/mol. The van der Waals surface area contributed by atoms with Crippen molar-refractivity contribution in [3.05, 3.63) is 0 Å². The Labute approximate surface area is 101 Å². The van der Waals surface area contributed by atoms with Gasteiger partial charge in [-0.2, -0.15) is 0 Å². The average Bonchev–Trinajstić information content (AvgIpc) is 2.26. The van der Waals surface area contributed by atoms with Crippen LogP contribution in [-0.4, -0.2) is 26.3 Å². The number of rotatable bonds is 6. The average molecular weight is 227 g/mol. The first-order valence-electron chi connectivity index (χ1n) is 6.87. The minimum atomic E-state index is 0.513. The summed E-state index contributed by atoms with van der Waals surface area (Å²) in [5, 5.41) is 3.70. The molecule has 0 amide bonds. The maximum atomic E-state index is 5.27. The Morgan fingerprint density at radius 3 is 2.50 bits per heavy atom. The van der Waals surface area contributed by atoms with E-state index in [1.807, 2.05) is 0 Å². The Morgan fingerprint density at radius 2 is 1.94 bits per heavy atom. The summed E-state index contributed by atoms with van der Waals surface area (Å²) in [5.74, 6) is 2.43. The Morgan fingerprint density at radius 1 is 1.25 bits per heavy atom. The minimum Gasteiger partial charge on any atom is -0.383 e. The van der Waals surface area contributed by atoms with Crippen LogP contribution in [0.25, 0.3) is 0 Å². The summed E-state index contributed by atoms with van der Waals surface area (Å²) in [5.41, 5.74) is 0. The van der Waals surface area contributed by atoms with Crippen molar-refractivity contribution in [2.45, 2.75) is 52.5 Å². The summed E-state index contributed by atoms with van der Waals surface area (Å²) in [6.45, 7) is 8.94. The van der Waals surface area contributed by atoms with Crippen molar-refractivity contribution in [2.24, 2.45) is 17.8 Å². The molecule has 0 radical (unpaired) electrons. The van der Waals surface area contributed by atoms with E-state index in [1.165, 1.54) is 32.2 Å². The van der Waals surface area contributed by atoms with Crippen LogP contribution in [-0.2, 0) is 4.74 Å². The molecule has 0 saturated heterocycles. The zero-order chi connectivity index (χ0) is 12.0. The molecule has 0 aromatic heterocycles. The van der Waals surface area contributed by atoms with E-state index >= 15 is 0 Å². The molecule has 96 valence electrons. The third-order valence-corrected chi connectivity index (χ3v) is 4.08. The lowest BCUT2D eigenvalue weighted by atomic mass is 9.80. The molecule has 0 spiro atoms. The normalized spacial score (nSPS) is 28.3. The molecule has 0 bridgehead atoms. The molecule has 3 atom stereocenters. The fourth-order valence-corrected chi connectivity index (χ4v) is 2.67. The maximum absolute atomic E-state index is 5.27. The quantitative estimate of drug-likeness (QED) is 0.753. The van der Waals surface area contributed by atoms with Gasteiger partial charge in [-0.05, 0) is 30.7 Å². The number of nitrogens with one attached hydrogen (secondary N) is 1. The van der Waals surface area contributed by atoms with E-state index < -0.39 is 0 Å². The van der Waals surface area contributed by atoms with Crippen LogP contribution in [0.1, 0.15) is 46.5 Å². The summed E-state index contributed by atoms with van der Waals surface area (Å²) in [7, 11) is 1.79. The molecule has 0 aliphatic heterocycles. The van der Waals surface area contributed by atoms with Crippen LogP contribution < -0.4 is 5.32 Å². The van der Waals surface area contributed by atoms with Gasteiger partial charge in [-0.1, -0.05) is 40.0 Å². The standard InChI is InChI=1S/C14H29NO/c1-11(2)14(10-16-4)15-9-13-8-6-5-7-12(13)3/h11-15H,5-10H2,1-4H3. The first-order valence-corrected chi connectivity index (χ1v) is 6.87. The monoisotopic (exact) mass is 227 g/mol. The van der Waals surface area contributed by atoms with Crippen molar-refractivity contribution >= 4 is 0 Å². The molecule has 1 aliphatic carbocycles. The Balaban J connectivity index is 2.29. The summed E-state index contributed by atoms with van der Waals surface area (Å²) in [6, 6.07) is 0.513. The molecule has 1 N–H and O–H groups in total. The van der Waals surface area contributed by atoms with Gasteiger partial charge in [0.2, 0.25) is 0 Å². The highest BCUT2D eigenvalue weighted by Crippen LogP contribution is 2.29. The fourth-order valence-electron chi connectivity index (χ4n) is 2.67. The molecule has 0 heterocycles. The predicted octanol–water partition coefficient (Wildman–Crippen LogP) is 3.07. The molecule has 1 fully saturated rings. The third kappa shape index (κ3) is 4.42. The van der Waals surface area contributed by atoms with Gasteiger partial charge in [0, 0.05) is 13.2 Å². The van der Waals surface area contributed by atoms with Crippen LogP contribution in [0.4, 0.5) is 0 Å². The summed E-state index contributed by atoms with van der Waals surface area (Å²) in [4.78, 5) is 0. The van der Waals surface area contributed by atoms with Crippen LogP contribution in [0.3, 0.4) is 0 Å². The van der Waals surface area contributed by atoms with E-state index in [9.17, 15) is 0 Å². The van der Waals surface area contributed by atoms with Crippen LogP contribution in [0, 0.1) is 17.8 Å². The lowest BCUT2D eigenvalue weighted by Gasteiger charge is -2.31. The topological polar surface area (TPSA) is 21.3 Å².